The number of benzene rings is 1. The van der Waals surface area contributed by atoms with E-state index < -0.39 is 0 Å². The van der Waals surface area contributed by atoms with Crippen LogP contribution in [0, 0.1) is 5.92 Å². The predicted molar refractivity (Wildman–Crippen MR) is 95.0 cm³/mol. The summed E-state index contributed by atoms with van der Waals surface area (Å²) in [5.74, 6) is -0.0194. The molecule has 1 aliphatic heterocycles. The lowest BCUT2D eigenvalue weighted by molar-refractivity contribution is -0.123. The molecule has 2 heterocycles. The minimum atomic E-state index is -0.0553. The van der Waals surface area contributed by atoms with Crippen LogP contribution in [-0.4, -0.2) is 30.6 Å². The summed E-state index contributed by atoms with van der Waals surface area (Å²) in [6, 6.07) is 13.7. The van der Waals surface area contributed by atoms with Crippen LogP contribution in [0.25, 0.3) is 0 Å². The summed E-state index contributed by atoms with van der Waals surface area (Å²) in [6.07, 6.45) is 4.47. The third-order valence-corrected chi connectivity index (χ3v) is 4.14. The number of hydrogen-bond donors (Lipinski definition) is 2. The fourth-order valence-electron chi connectivity index (χ4n) is 2.80. The van der Waals surface area contributed by atoms with Crippen molar-refractivity contribution in [2.45, 2.75) is 19.3 Å². The van der Waals surface area contributed by atoms with E-state index in [0.717, 1.165) is 49.5 Å². The summed E-state index contributed by atoms with van der Waals surface area (Å²) in [5, 5.41) is 6.42. The minimum Gasteiger partial charge on any atom is -0.383 e. The van der Waals surface area contributed by atoms with E-state index in [1.54, 1.807) is 6.20 Å². The minimum absolute atomic E-state index is 0.0358. The van der Waals surface area contributed by atoms with Gasteiger partial charge in [0.2, 0.25) is 5.91 Å². The maximum Gasteiger partial charge on any atom is 0.229 e. The number of amides is 1. The number of hydrogen-bond acceptors (Lipinski definition) is 4. The Morgan fingerprint density at radius 3 is 2.75 bits per heavy atom. The van der Waals surface area contributed by atoms with Gasteiger partial charge in [0.1, 0.15) is 0 Å². The van der Waals surface area contributed by atoms with Gasteiger partial charge < -0.3 is 15.4 Å². The van der Waals surface area contributed by atoms with Crippen LogP contribution >= 0.6 is 0 Å². The maximum atomic E-state index is 12.4. The van der Waals surface area contributed by atoms with Crippen LogP contribution in [0.2, 0.25) is 0 Å². The Bertz CT molecular complexity index is 655. The molecule has 1 aromatic carbocycles. The van der Waals surface area contributed by atoms with Gasteiger partial charge in [-0.25, -0.2) is 0 Å². The van der Waals surface area contributed by atoms with Gasteiger partial charge >= 0.3 is 0 Å². The topological polar surface area (TPSA) is 63.2 Å². The molecule has 1 aromatic heterocycles. The van der Waals surface area contributed by atoms with Crippen molar-refractivity contribution in [1.29, 1.82) is 0 Å². The number of anilines is 2. The fraction of sp³-hybridized carbons (Fsp3) is 0.368. The van der Waals surface area contributed by atoms with E-state index in [9.17, 15) is 4.79 Å². The van der Waals surface area contributed by atoms with Crippen LogP contribution in [0.3, 0.4) is 0 Å². The largest absolute Gasteiger partial charge is 0.383 e. The number of pyridine rings is 1. The molecule has 24 heavy (non-hydrogen) atoms. The van der Waals surface area contributed by atoms with Gasteiger partial charge in [-0.1, -0.05) is 18.2 Å². The van der Waals surface area contributed by atoms with Gasteiger partial charge in [0, 0.05) is 31.5 Å². The van der Waals surface area contributed by atoms with Crippen molar-refractivity contribution in [3.8, 4) is 0 Å². The second kappa shape index (κ2) is 8.45. The zero-order valence-electron chi connectivity index (χ0n) is 13.7. The van der Waals surface area contributed by atoms with Crippen LogP contribution in [0.15, 0.2) is 48.7 Å². The van der Waals surface area contributed by atoms with Crippen molar-refractivity contribution in [3.05, 3.63) is 54.4 Å². The van der Waals surface area contributed by atoms with Crippen LogP contribution < -0.4 is 10.6 Å². The normalized spacial score (nSPS) is 17.2. The monoisotopic (exact) mass is 325 g/mol. The van der Waals surface area contributed by atoms with E-state index in [2.05, 4.69) is 15.6 Å². The van der Waals surface area contributed by atoms with Gasteiger partial charge in [0.15, 0.2) is 0 Å². The number of carbonyl (C=O) groups is 1. The van der Waals surface area contributed by atoms with Crippen LogP contribution in [0.1, 0.15) is 18.5 Å². The highest BCUT2D eigenvalue weighted by Gasteiger charge is 2.22. The van der Waals surface area contributed by atoms with Crippen molar-refractivity contribution in [3.63, 3.8) is 0 Å². The van der Waals surface area contributed by atoms with Crippen molar-refractivity contribution < 1.29 is 9.53 Å². The molecule has 126 valence electrons. The third-order valence-electron chi connectivity index (χ3n) is 4.14. The highest BCUT2D eigenvalue weighted by molar-refractivity contribution is 5.95. The van der Waals surface area contributed by atoms with E-state index in [1.807, 2.05) is 42.5 Å². The first kappa shape index (κ1) is 16.5. The summed E-state index contributed by atoms with van der Waals surface area (Å²) in [5.41, 5.74) is 2.79. The van der Waals surface area contributed by atoms with Crippen LogP contribution in [0.5, 0.6) is 0 Å². The highest BCUT2D eigenvalue weighted by atomic mass is 16.5. The number of nitrogens with one attached hydrogen (secondary N) is 2. The molecular weight excluding hydrogens is 302 g/mol. The molecule has 0 saturated carbocycles. The Kier molecular flexibility index (Phi) is 5.80. The molecule has 5 heteroatoms. The van der Waals surface area contributed by atoms with E-state index in [4.69, 9.17) is 4.74 Å². The van der Waals surface area contributed by atoms with Gasteiger partial charge in [-0.3, -0.25) is 9.78 Å². The van der Waals surface area contributed by atoms with Crippen molar-refractivity contribution >= 4 is 17.3 Å². The summed E-state index contributed by atoms with van der Waals surface area (Å²) in [4.78, 5) is 16.7. The SMILES string of the molecule is O=C(Nc1ccccc1NCCc1ccccn1)[C@H]1CCCOC1. The molecule has 2 aromatic rings. The summed E-state index contributed by atoms with van der Waals surface area (Å²) in [7, 11) is 0. The molecule has 0 radical (unpaired) electrons. The molecule has 1 fully saturated rings. The Morgan fingerprint density at radius 1 is 1.17 bits per heavy atom. The first-order valence-electron chi connectivity index (χ1n) is 8.44. The van der Waals surface area contributed by atoms with Crippen molar-refractivity contribution in [1.82, 2.24) is 4.98 Å². The van der Waals surface area contributed by atoms with Gasteiger partial charge in [-0.2, -0.15) is 0 Å². The lowest BCUT2D eigenvalue weighted by Gasteiger charge is -2.22. The molecule has 1 saturated heterocycles. The number of carbonyl (C=O) groups excluding carboxylic acids is 1. The van der Waals surface area contributed by atoms with Gasteiger partial charge in [0.25, 0.3) is 0 Å². The quantitative estimate of drug-likeness (QED) is 0.856. The average molecular weight is 325 g/mol. The summed E-state index contributed by atoms with van der Waals surface area (Å²) >= 11 is 0. The molecule has 0 spiro atoms. The third kappa shape index (κ3) is 4.55. The smallest absolute Gasteiger partial charge is 0.229 e. The fourth-order valence-corrected chi connectivity index (χ4v) is 2.80. The van der Waals surface area contributed by atoms with E-state index >= 15 is 0 Å². The van der Waals surface area contributed by atoms with Crippen LogP contribution in [0.4, 0.5) is 11.4 Å². The van der Waals surface area contributed by atoms with E-state index in [0.29, 0.717) is 6.61 Å². The highest BCUT2D eigenvalue weighted by Crippen LogP contribution is 2.23. The Morgan fingerprint density at radius 2 is 2.00 bits per heavy atom. The maximum absolute atomic E-state index is 12.4. The van der Waals surface area contributed by atoms with Crippen molar-refractivity contribution in [2.24, 2.45) is 5.92 Å². The molecule has 2 N–H and O–H groups in total. The molecule has 3 rings (SSSR count). The molecular formula is C19H23N3O2. The number of ether oxygens (including phenoxy) is 1. The van der Waals surface area contributed by atoms with Crippen molar-refractivity contribution in [2.75, 3.05) is 30.4 Å². The molecule has 1 amide bonds. The number of rotatable bonds is 6. The van der Waals surface area contributed by atoms with Gasteiger partial charge in [-0.05, 0) is 37.1 Å². The predicted octanol–water partition coefficient (Wildman–Crippen LogP) is 3.10. The standard InChI is InChI=1S/C19H23N3O2/c23-19(15-6-5-13-24-14-15)22-18-9-2-1-8-17(18)21-12-10-16-7-3-4-11-20-16/h1-4,7-9,11,15,21H,5-6,10,12-14H2,(H,22,23)/t15-/m0/s1. The molecule has 1 atom stereocenters. The summed E-state index contributed by atoms with van der Waals surface area (Å²) in [6.45, 7) is 2.03. The van der Waals surface area contributed by atoms with Gasteiger partial charge in [-0.15, -0.1) is 0 Å². The molecule has 0 aliphatic carbocycles. The first-order chi connectivity index (χ1) is 11.8. The molecule has 0 bridgehead atoms. The molecule has 5 nitrogen and oxygen atoms in total. The second-order valence-electron chi connectivity index (χ2n) is 5.95. The number of aromatic nitrogens is 1. The van der Waals surface area contributed by atoms with E-state index in [1.165, 1.54) is 0 Å². The van der Waals surface area contributed by atoms with Crippen LogP contribution in [-0.2, 0) is 16.0 Å². The Balaban J connectivity index is 1.57. The van der Waals surface area contributed by atoms with Gasteiger partial charge in [0.05, 0.1) is 23.9 Å². The second-order valence-corrected chi connectivity index (χ2v) is 5.95. The number of para-hydroxylation sites is 2. The zero-order chi connectivity index (χ0) is 16.6. The molecule has 1 aliphatic rings. The van der Waals surface area contributed by atoms with E-state index in [-0.39, 0.29) is 11.8 Å². The lowest BCUT2D eigenvalue weighted by atomic mass is 10.0. The first-order valence-corrected chi connectivity index (χ1v) is 8.44. The molecule has 0 unspecified atom stereocenters. The Hall–Kier alpha value is -2.40. The number of nitrogens with zero attached hydrogens (tertiary/aromatic N) is 1. The Labute approximate surface area is 142 Å². The lowest BCUT2D eigenvalue weighted by Crippen LogP contribution is -2.30. The summed E-state index contributed by atoms with van der Waals surface area (Å²) < 4.78 is 5.40. The average Bonchev–Trinajstić information content (AvgIpc) is 2.65. The zero-order valence-corrected chi connectivity index (χ0v) is 13.7.